The molecule has 0 spiro atoms. The van der Waals surface area contributed by atoms with Gasteiger partial charge in [0.25, 0.3) is 0 Å². The lowest BCUT2D eigenvalue weighted by atomic mass is 9.63. The molecule has 15 N–H and O–H groups in total. The highest BCUT2D eigenvalue weighted by Gasteiger charge is 2.72. The number of carbonyl (C=O) groups excluding carboxylic acids is 3. The third-order valence-electron chi connectivity index (χ3n) is 13.0. The molecule has 7 rings (SSSR count). The second-order valence-corrected chi connectivity index (χ2v) is 16.5. The van der Waals surface area contributed by atoms with Crippen LogP contribution in [0.25, 0.3) is 0 Å². The Hall–Kier alpha value is -4.83. The largest absolute Gasteiger partial charge is 0.394 e. The predicted molar refractivity (Wildman–Crippen MR) is 217 cm³/mol. The summed E-state index contributed by atoms with van der Waals surface area (Å²) in [6.45, 7) is -4.21. The van der Waals surface area contributed by atoms with E-state index in [0.29, 0.717) is 18.2 Å². The first-order chi connectivity index (χ1) is 31.1. The summed E-state index contributed by atoms with van der Waals surface area (Å²) in [5, 5.41) is 176. The molecule has 66 heavy (non-hydrogen) atoms. The van der Waals surface area contributed by atoms with E-state index in [1.54, 1.807) is 0 Å². The van der Waals surface area contributed by atoms with Crippen LogP contribution in [0.1, 0.15) is 47.8 Å². The molecule has 4 aromatic carbocycles. The molecule has 0 radical (unpaired) electrons. The smallest absolute Gasteiger partial charge is 0.207 e. The van der Waals surface area contributed by atoms with E-state index in [1.165, 1.54) is 66.7 Å². The van der Waals surface area contributed by atoms with Crippen molar-refractivity contribution < 1.29 is 105 Å². The van der Waals surface area contributed by atoms with E-state index in [-0.39, 0.29) is 11.1 Å². The average molecular weight is 925 g/mol. The maximum atomic E-state index is 14.1. The van der Waals surface area contributed by atoms with E-state index >= 15 is 0 Å². The Balaban J connectivity index is 1.53. The Morgan fingerprint density at radius 2 is 0.697 bits per heavy atom. The molecule has 0 aromatic heterocycles. The predicted octanol–water partition coefficient (Wildman–Crippen LogP) is -4.70. The Labute approximate surface area is 373 Å². The topological polar surface area (TPSA) is 382 Å². The molecule has 3 fully saturated rings. The van der Waals surface area contributed by atoms with Crippen LogP contribution >= 0.6 is 0 Å². The molecule has 3 saturated heterocycles. The monoisotopic (exact) mass is 924 g/mol. The number of Topliss-reactive ketones (excluding diaryl/α,β-unsaturated/α-hetero) is 3. The Morgan fingerprint density at radius 3 is 1.02 bits per heavy atom. The third kappa shape index (κ3) is 6.91. The van der Waals surface area contributed by atoms with E-state index in [0.717, 1.165) is 24.3 Å². The summed E-state index contributed by atoms with van der Waals surface area (Å²) in [6.07, 6.45) is -24.5. The van der Waals surface area contributed by atoms with Crippen molar-refractivity contribution in [2.75, 3.05) is 19.8 Å². The number of ether oxygens (including phenoxy) is 3. The van der Waals surface area contributed by atoms with Gasteiger partial charge in [-0.25, -0.2) is 0 Å². The molecule has 3 heterocycles. The fraction of sp³-hybridized carbons (Fsp3) is 0.400. The summed E-state index contributed by atoms with van der Waals surface area (Å²) in [7, 11) is 0. The molecule has 0 bridgehead atoms. The van der Waals surface area contributed by atoms with Crippen molar-refractivity contribution in [3.8, 4) is 0 Å². The first kappa shape index (κ1) is 49.1. The van der Waals surface area contributed by atoms with E-state index in [4.69, 9.17) is 14.2 Å². The van der Waals surface area contributed by atoms with Gasteiger partial charge in [-0.15, -0.1) is 0 Å². The van der Waals surface area contributed by atoms with Crippen LogP contribution in [0.2, 0.25) is 0 Å². The Kier molecular flexibility index (Phi) is 13.1. The van der Waals surface area contributed by atoms with Gasteiger partial charge in [0.2, 0.25) is 34.2 Å². The average Bonchev–Trinajstić information content (AvgIpc) is 3.35. The van der Waals surface area contributed by atoms with Crippen molar-refractivity contribution in [2.24, 2.45) is 0 Å². The lowest BCUT2D eigenvalue weighted by molar-refractivity contribution is -0.353. The number of hydrogen-bond donors (Lipinski definition) is 15. The minimum atomic E-state index is -3.69. The molecule has 15 atom stereocenters. The normalized spacial score (nSPS) is 39.2. The summed E-state index contributed by atoms with van der Waals surface area (Å²) in [6, 6.07) is 21.1. The second-order valence-electron chi connectivity index (χ2n) is 16.5. The van der Waals surface area contributed by atoms with Gasteiger partial charge >= 0.3 is 0 Å². The van der Waals surface area contributed by atoms with Gasteiger partial charge in [0.1, 0.15) is 53.4 Å². The van der Waals surface area contributed by atoms with Crippen LogP contribution in [0.15, 0.2) is 109 Å². The van der Waals surface area contributed by atoms with Gasteiger partial charge in [0, 0.05) is 16.7 Å². The van der Waals surface area contributed by atoms with Crippen molar-refractivity contribution in [1.29, 1.82) is 0 Å². The second kappa shape index (κ2) is 17.7. The van der Waals surface area contributed by atoms with E-state index in [2.05, 4.69) is 0 Å². The van der Waals surface area contributed by atoms with Gasteiger partial charge in [-0.2, -0.15) is 0 Å². The molecule has 0 saturated carbocycles. The highest BCUT2D eigenvalue weighted by molar-refractivity contribution is 6.05. The third-order valence-corrected chi connectivity index (χ3v) is 13.0. The molecule has 0 unspecified atom stereocenters. The number of aliphatic hydroxyl groups excluding tert-OH is 9. The van der Waals surface area contributed by atoms with Gasteiger partial charge in [0.15, 0.2) is 18.9 Å². The number of benzene rings is 4. The number of ketones is 3. The molecule has 21 nitrogen and oxygen atoms in total. The molecule has 0 amide bonds. The summed E-state index contributed by atoms with van der Waals surface area (Å²) < 4.78 is 16.1. The summed E-state index contributed by atoms with van der Waals surface area (Å²) in [4.78, 5) is 42.0. The number of rotatable bonds is 12. The van der Waals surface area contributed by atoms with Gasteiger partial charge in [-0.3, -0.25) is 14.4 Å². The van der Waals surface area contributed by atoms with Crippen molar-refractivity contribution >= 4 is 17.3 Å². The zero-order valence-electron chi connectivity index (χ0n) is 34.4. The lowest BCUT2D eigenvalue weighted by Crippen LogP contribution is -2.76. The molecule has 3 aliphatic heterocycles. The van der Waals surface area contributed by atoms with E-state index in [9.17, 15) is 91.0 Å². The van der Waals surface area contributed by atoms with Gasteiger partial charge in [0.05, 0.1) is 19.8 Å². The summed E-state index contributed by atoms with van der Waals surface area (Å²) in [5.41, 5.74) is -25.7. The molecule has 0 aliphatic carbocycles. The number of carbonyl (C=O) groups is 3. The standard InChI is InChI=1S/C45H48O21/c46-19-28-40(58,34(52)43(61,37(55)64-28)31(49)22-10-4-1-5-11-22)25-16-17-26(41(59)29(20-47)65-38(56)44(62,35(41)53)32(50)23-12-6-2-7-13-23)27(18-25)42(60)30(21-48)66-39(57)45(63,36(42)54)33(51)24-14-8-3-9-15-24/h1-18,28-30,34-39,46-48,52-63H,19-21H2/t28-,29-,30-,34+,35+,36+,37+,38+,39+,40-,41-,42-,43-,44-,45-/m1/s1. The fourth-order valence-corrected chi connectivity index (χ4v) is 9.21. The first-order valence-corrected chi connectivity index (χ1v) is 20.3. The molecule has 21 heteroatoms. The zero-order chi connectivity index (χ0) is 48.4. The number of aliphatic hydroxyl groups is 15. The minimum Gasteiger partial charge on any atom is -0.394 e. The van der Waals surface area contributed by atoms with Crippen LogP contribution in [0.5, 0.6) is 0 Å². The van der Waals surface area contributed by atoms with Crippen molar-refractivity contribution in [3.05, 3.63) is 143 Å². The summed E-state index contributed by atoms with van der Waals surface area (Å²) in [5.74, 6) is -4.45. The van der Waals surface area contributed by atoms with E-state index < -0.39 is 149 Å². The molecular weight excluding hydrogens is 876 g/mol. The van der Waals surface area contributed by atoms with Crippen LogP contribution in [0.4, 0.5) is 0 Å². The molecular formula is C45H48O21. The van der Waals surface area contributed by atoms with Gasteiger partial charge in [-0.1, -0.05) is 103 Å². The Morgan fingerprint density at radius 1 is 0.409 bits per heavy atom. The van der Waals surface area contributed by atoms with E-state index in [1.807, 2.05) is 0 Å². The highest BCUT2D eigenvalue weighted by Crippen LogP contribution is 2.53. The maximum absolute atomic E-state index is 14.1. The van der Waals surface area contributed by atoms with Crippen molar-refractivity contribution in [1.82, 2.24) is 0 Å². The lowest BCUT2D eigenvalue weighted by Gasteiger charge is -2.56. The van der Waals surface area contributed by atoms with Crippen molar-refractivity contribution in [2.45, 2.75) is 89.1 Å². The quantitative estimate of drug-likeness (QED) is 0.0594. The number of hydrogen-bond acceptors (Lipinski definition) is 21. The van der Waals surface area contributed by atoms with Crippen LogP contribution in [-0.4, -0.2) is 186 Å². The van der Waals surface area contributed by atoms with Crippen LogP contribution in [-0.2, 0) is 31.0 Å². The molecule has 354 valence electrons. The molecule has 3 aliphatic rings. The fourth-order valence-electron chi connectivity index (χ4n) is 9.21. The maximum Gasteiger partial charge on any atom is 0.207 e. The SMILES string of the molecule is O=C(c1ccccc1)[C@@]1(O)[C@@H](O)[C@@](O)(c2ccc([C@]3(O)[C@H](O)[C@](O)(C(=O)c4ccccc4)[C@@H](O)O[C@@H]3CO)c([C@]3(O)[C@H](O)[C@](O)(C(=O)c4ccccc4)[C@@H](O)O[C@@H]3CO)c2)[C@@H](CO)O[C@@H]1O. The van der Waals surface area contributed by atoms with Crippen molar-refractivity contribution in [3.63, 3.8) is 0 Å². The zero-order valence-corrected chi connectivity index (χ0v) is 34.4. The van der Waals surface area contributed by atoms with Crippen LogP contribution in [0, 0.1) is 0 Å². The highest BCUT2D eigenvalue weighted by atomic mass is 16.7. The summed E-state index contributed by atoms with van der Waals surface area (Å²) >= 11 is 0. The van der Waals surface area contributed by atoms with Crippen LogP contribution < -0.4 is 0 Å². The van der Waals surface area contributed by atoms with Gasteiger partial charge < -0.3 is 90.8 Å². The first-order valence-electron chi connectivity index (χ1n) is 20.3. The van der Waals surface area contributed by atoms with Gasteiger partial charge in [-0.05, 0) is 22.8 Å². The van der Waals surface area contributed by atoms with Crippen LogP contribution in [0.3, 0.4) is 0 Å². The molecule has 4 aromatic rings. The minimum absolute atomic E-state index is 0.339. The Bertz CT molecular complexity index is 2430.